The second-order valence-electron chi connectivity index (χ2n) is 4.00. The minimum atomic E-state index is -0.137. The number of nitrogens with two attached hydrogens (primary N) is 1. The number of anilines is 1. The third-order valence-corrected chi connectivity index (χ3v) is 2.34. The Morgan fingerprint density at radius 3 is 2.83 bits per heavy atom. The van der Waals surface area contributed by atoms with Crippen molar-refractivity contribution in [1.29, 1.82) is 0 Å². The number of hydrogen-bond donors (Lipinski definition) is 2. The smallest absolute Gasteiger partial charge is 0.251 e. The Hall–Kier alpha value is -1.75. The van der Waals surface area contributed by atoms with E-state index in [-0.39, 0.29) is 12.0 Å². The zero-order valence-corrected chi connectivity index (χ0v) is 11.0. The van der Waals surface area contributed by atoms with Crippen molar-refractivity contribution in [1.82, 2.24) is 5.32 Å². The van der Waals surface area contributed by atoms with Crippen molar-refractivity contribution in [3.8, 4) is 5.75 Å². The van der Waals surface area contributed by atoms with Gasteiger partial charge in [0, 0.05) is 19.2 Å². The lowest BCUT2D eigenvalue weighted by Gasteiger charge is -2.16. The average molecular weight is 252 g/mol. The maximum Gasteiger partial charge on any atom is 0.251 e. The number of carbonyl (C=O) groups is 1. The van der Waals surface area contributed by atoms with Crippen LogP contribution in [0.5, 0.6) is 5.75 Å². The number of methoxy groups -OCH3 is 1. The number of nitrogen functional groups attached to an aromatic ring is 1. The predicted molar refractivity (Wildman–Crippen MR) is 70.8 cm³/mol. The Bertz CT molecular complexity index is 407. The second-order valence-corrected chi connectivity index (χ2v) is 4.00. The molecule has 0 spiro atoms. The van der Waals surface area contributed by atoms with Gasteiger partial charge in [0.05, 0.1) is 12.3 Å². The molecule has 1 unspecified atom stereocenters. The van der Waals surface area contributed by atoms with Gasteiger partial charge in [-0.05, 0) is 32.0 Å². The Balaban J connectivity index is 2.84. The largest absolute Gasteiger partial charge is 0.486 e. The van der Waals surface area contributed by atoms with E-state index in [9.17, 15) is 4.79 Å². The summed E-state index contributed by atoms with van der Waals surface area (Å²) < 4.78 is 10.6. The number of rotatable bonds is 6. The zero-order valence-electron chi connectivity index (χ0n) is 11.0. The lowest BCUT2D eigenvalue weighted by atomic mass is 10.1. The average Bonchev–Trinajstić information content (AvgIpc) is 2.32. The highest BCUT2D eigenvalue weighted by Crippen LogP contribution is 2.24. The van der Waals surface area contributed by atoms with Crippen molar-refractivity contribution < 1.29 is 14.3 Å². The Kier molecular flexibility index (Phi) is 5.45. The molecule has 0 aliphatic rings. The van der Waals surface area contributed by atoms with Crippen molar-refractivity contribution in [2.45, 2.75) is 20.0 Å². The molecule has 5 heteroatoms. The molecular weight excluding hydrogens is 232 g/mol. The quantitative estimate of drug-likeness (QED) is 0.751. The highest BCUT2D eigenvalue weighted by molar-refractivity contribution is 5.95. The Morgan fingerprint density at radius 1 is 1.50 bits per heavy atom. The van der Waals surface area contributed by atoms with E-state index in [1.54, 1.807) is 25.3 Å². The SMILES string of the molecule is CCNC(=O)c1ccc(N)c(OC(C)COC)c1. The molecule has 1 aromatic carbocycles. The summed E-state index contributed by atoms with van der Waals surface area (Å²) in [6.45, 7) is 4.79. The van der Waals surface area contributed by atoms with E-state index in [1.807, 2.05) is 13.8 Å². The highest BCUT2D eigenvalue weighted by Gasteiger charge is 2.11. The molecule has 3 N–H and O–H groups in total. The molecule has 0 aliphatic heterocycles. The monoisotopic (exact) mass is 252 g/mol. The van der Waals surface area contributed by atoms with Crippen LogP contribution in [-0.2, 0) is 4.74 Å². The van der Waals surface area contributed by atoms with Gasteiger partial charge in [0.25, 0.3) is 5.91 Å². The van der Waals surface area contributed by atoms with Crippen molar-refractivity contribution in [3.05, 3.63) is 23.8 Å². The molecule has 0 aliphatic carbocycles. The van der Waals surface area contributed by atoms with Crippen LogP contribution in [0.3, 0.4) is 0 Å². The summed E-state index contributed by atoms with van der Waals surface area (Å²) in [5, 5.41) is 2.73. The van der Waals surface area contributed by atoms with Crippen LogP contribution in [0, 0.1) is 0 Å². The lowest BCUT2D eigenvalue weighted by Crippen LogP contribution is -2.23. The van der Waals surface area contributed by atoms with Gasteiger partial charge < -0.3 is 20.5 Å². The van der Waals surface area contributed by atoms with Crippen molar-refractivity contribution >= 4 is 11.6 Å². The third-order valence-electron chi connectivity index (χ3n) is 2.34. The third kappa shape index (κ3) is 3.92. The molecule has 0 aromatic heterocycles. The number of carbonyl (C=O) groups excluding carboxylic acids is 1. The van der Waals surface area contributed by atoms with E-state index in [4.69, 9.17) is 15.2 Å². The molecule has 0 fully saturated rings. The second kappa shape index (κ2) is 6.86. The van der Waals surface area contributed by atoms with Gasteiger partial charge in [0.15, 0.2) is 0 Å². The first kappa shape index (κ1) is 14.3. The van der Waals surface area contributed by atoms with Gasteiger partial charge >= 0.3 is 0 Å². The summed E-state index contributed by atoms with van der Waals surface area (Å²) in [5.74, 6) is 0.366. The van der Waals surface area contributed by atoms with Gasteiger partial charge in [-0.2, -0.15) is 0 Å². The fraction of sp³-hybridized carbons (Fsp3) is 0.462. The summed E-state index contributed by atoms with van der Waals surface area (Å²) in [7, 11) is 1.61. The first-order valence-corrected chi connectivity index (χ1v) is 5.91. The van der Waals surface area contributed by atoms with E-state index in [2.05, 4.69) is 5.32 Å². The standard InChI is InChI=1S/C13H20N2O3/c1-4-15-13(16)10-5-6-11(14)12(7-10)18-9(2)8-17-3/h5-7,9H,4,8,14H2,1-3H3,(H,15,16). The Labute approximate surface area is 107 Å². The molecule has 18 heavy (non-hydrogen) atoms. The first-order chi connectivity index (χ1) is 8.58. The van der Waals surface area contributed by atoms with Crippen LogP contribution in [-0.4, -0.2) is 32.3 Å². The van der Waals surface area contributed by atoms with E-state index < -0.39 is 0 Å². The van der Waals surface area contributed by atoms with Crippen molar-refractivity contribution in [2.24, 2.45) is 0 Å². The topological polar surface area (TPSA) is 73.6 Å². The molecule has 5 nitrogen and oxygen atoms in total. The van der Waals surface area contributed by atoms with E-state index in [0.29, 0.717) is 30.2 Å². The number of ether oxygens (including phenoxy) is 2. The fourth-order valence-corrected chi connectivity index (χ4v) is 1.53. The van der Waals surface area contributed by atoms with Crippen LogP contribution >= 0.6 is 0 Å². The first-order valence-electron chi connectivity index (χ1n) is 5.91. The van der Waals surface area contributed by atoms with Crippen molar-refractivity contribution in [3.63, 3.8) is 0 Å². The molecular formula is C13H20N2O3. The number of amides is 1. The molecule has 1 aromatic rings. The minimum absolute atomic E-state index is 0.123. The summed E-state index contributed by atoms with van der Waals surface area (Å²) in [4.78, 5) is 11.7. The molecule has 0 saturated heterocycles. The van der Waals surface area contributed by atoms with E-state index >= 15 is 0 Å². The van der Waals surface area contributed by atoms with Crippen LogP contribution in [0.15, 0.2) is 18.2 Å². The van der Waals surface area contributed by atoms with E-state index in [1.165, 1.54) is 0 Å². The number of hydrogen-bond acceptors (Lipinski definition) is 4. The fourth-order valence-electron chi connectivity index (χ4n) is 1.53. The van der Waals surface area contributed by atoms with E-state index in [0.717, 1.165) is 0 Å². The van der Waals surface area contributed by atoms with Crippen LogP contribution in [0.4, 0.5) is 5.69 Å². The molecule has 0 saturated carbocycles. The highest BCUT2D eigenvalue weighted by atomic mass is 16.5. The number of nitrogens with one attached hydrogen (secondary N) is 1. The summed E-state index contributed by atoms with van der Waals surface area (Å²) in [6, 6.07) is 4.99. The molecule has 1 atom stereocenters. The molecule has 0 bridgehead atoms. The summed E-state index contributed by atoms with van der Waals surface area (Å²) in [6.07, 6.45) is -0.123. The van der Waals surface area contributed by atoms with Gasteiger partial charge in [0.2, 0.25) is 0 Å². The van der Waals surface area contributed by atoms with Gasteiger partial charge in [-0.3, -0.25) is 4.79 Å². The molecule has 1 amide bonds. The molecule has 1 rings (SSSR count). The van der Waals surface area contributed by atoms with Crippen LogP contribution in [0.2, 0.25) is 0 Å². The predicted octanol–water partition coefficient (Wildman–Crippen LogP) is 1.43. The van der Waals surface area contributed by atoms with Crippen LogP contribution in [0.1, 0.15) is 24.2 Å². The Morgan fingerprint density at radius 2 is 2.22 bits per heavy atom. The van der Waals surface area contributed by atoms with Gasteiger partial charge in [-0.15, -0.1) is 0 Å². The molecule has 0 heterocycles. The molecule has 0 radical (unpaired) electrons. The van der Waals surface area contributed by atoms with Crippen LogP contribution in [0.25, 0.3) is 0 Å². The van der Waals surface area contributed by atoms with Gasteiger partial charge in [-0.1, -0.05) is 0 Å². The molecule has 100 valence electrons. The maximum absolute atomic E-state index is 11.7. The summed E-state index contributed by atoms with van der Waals surface area (Å²) >= 11 is 0. The van der Waals surface area contributed by atoms with Gasteiger partial charge in [-0.25, -0.2) is 0 Å². The lowest BCUT2D eigenvalue weighted by molar-refractivity contribution is 0.0916. The van der Waals surface area contributed by atoms with Gasteiger partial charge in [0.1, 0.15) is 11.9 Å². The minimum Gasteiger partial charge on any atom is -0.486 e. The summed E-state index contributed by atoms with van der Waals surface area (Å²) in [5.41, 5.74) is 6.85. The van der Waals surface area contributed by atoms with Crippen molar-refractivity contribution in [2.75, 3.05) is 26.0 Å². The maximum atomic E-state index is 11.7. The number of benzene rings is 1. The van der Waals surface area contributed by atoms with Crippen LogP contribution < -0.4 is 15.8 Å². The zero-order chi connectivity index (χ0) is 13.5. The normalized spacial score (nSPS) is 11.9.